The number of hydrogen-bond acceptors (Lipinski definition) is 3. The van der Waals surface area contributed by atoms with Crippen LogP contribution in [0, 0.1) is 5.41 Å². The van der Waals surface area contributed by atoms with E-state index in [-0.39, 0.29) is 22.2 Å². The molecular weight excluding hydrogens is 263 g/mol. The fourth-order valence-corrected chi connectivity index (χ4v) is 1.85. The number of carbonyl (C=O) groups excluding carboxylic acids is 1. The maximum absolute atomic E-state index is 11.8. The molecule has 0 aliphatic carbocycles. The molecule has 17 heavy (non-hydrogen) atoms. The van der Waals surface area contributed by atoms with Gasteiger partial charge >= 0.3 is 0 Å². The molecule has 1 aromatic heterocycles. The van der Waals surface area contributed by atoms with E-state index < -0.39 is 0 Å². The number of hydrogen-bond donors (Lipinski definition) is 1. The van der Waals surface area contributed by atoms with Crippen molar-refractivity contribution >= 4 is 29.1 Å². The average Bonchev–Trinajstić information content (AvgIpc) is 2.26. The molecular formula is C11H12Cl2N2O2. The Morgan fingerprint density at radius 1 is 1.53 bits per heavy atom. The number of ether oxygens (including phenoxy) is 1. The molecule has 1 aliphatic rings. The third kappa shape index (κ3) is 2.89. The zero-order valence-corrected chi connectivity index (χ0v) is 10.8. The molecule has 92 valence electrons. The SMILES string of the molecule is CC1(CNC(=O)c2nc(Cl)ccc2Cl)COC1. The molecule has 1 saturated heterocycles. The lowest BCUT2D eigenvalue weighted by atomic mass is 9.89. The van der Waals surface area contributed by atoms with Gasteiger partial charge in [0.2, 0.25) is 0 Å². The van der Waals surface area contributed by atoms with Gasteiger partial charge in [-0.15, -0.1) is 0 Å². The third-order valence-electron chi connectivity index (χ3n) is 2.60. The van der Waals surface area contributed by atoms with Gasteiger partial charge in [0.15, 0.2) is 0 Å². The predicted molar refractivity (Wildman–Crippen MR) is 65.5 cm³/mol. The number of nitrogens with zero attached hydrogens (tertiary/aromatic N) is 1. The number of halogens is 2. The number of rotatable bonds is 3. The van der Waals surface area contributed by atoms with E-state index in [0.717, 1.165) is 0 Å². The van der Waals surface area contributed by atoms with Gasteiger partial charge in [-0.25, -0.2) is 4.98 Å². The van der Waals surface area contributed by atoms with Crippen LogP contribution in [0.4, 0.5) is 0 Å². The van der Waals surface area contributed by atoms with E-state index in [0.29, 0.717) is 24.8 Å². The van der Waals surface area contributed by atoms with E-state index in [1.54, 1.807) is 12.1 Å². The predicted octanol–water partition coefficient (Wildman–Crippen LogP) is 2.15. The van der Waals surface area contributed by atoms with Crippen molar-refractivity contribution in [2.75, 3.05) is 19.8 Å². The first-order chi connectivity index (χ1) is 8.00. The van der Waals surface area contributed by atoms with Crippen molar-refractivity contribution < 1.29 is 9.53 Å². The minimum absolute atomic E-state index is 0.0146. The number of aromatic nitrogens is 1. The summed E-state index contributed by atoms with van der Waals surface area (Å²) >= 11 is 11.6. The first-order valence-electron chi connectivity index (χ1n) is 5.18. The molecule has 0 aromatic carbocycles. The molecule has 0 saturated carbocycles. The first-order valence-corrected chi connectivity index (χ1v) is 5.94. The van der Waals surface area contributed by atoms with E-state index >= 15 is 0 Å². The molecule has 1 aliphatic heterocycles. The van der Waals surface area contributed by atoms with Gasteiger partial charge in [0, 0.05) is 12.0 Å². The highest BCUT2D eigenvalue weighted by Gasteiger charge is 2.33. The smallest absolute Gasteiger partial charge is 0.271 e. The summed E-state index contributed by atoms with van der Waals surface area (Å²) in [5.41, 5.74) is 0.170. The highest BCUT2D eigenvalue weighted by molar-refractivity contribution is 6.34. The Hall–Kier alpha value is -0.840. The van der Waals surface area contributed by atoms with Crippen LogP contribution < -0.4 is 5.32 Å². The van der Waals surface area contributed by atoms with Crippen molar-refractivity contribution in [2.45, 2.75) is 6.92 Å². The Labute approximate surface area is 109 Å². The van der Waals surface area contributed by atoms with Crippen LogP contribution in [0.3, 0.4) is 0 Å². The monoisotopic (exact) mass is 274 g/mol. The number of amides is 1. The van der Waals surface area contributed by atoms with Gasteiger partial charge < -0.3 is 10.1 Å². The van der Waals surface area contributed by atoms with Gasteiger partial charge in [0.05, 0.1) is 18.2 Å². The van der Waals surface area contributed by atoms with Gasteiger partial charge in [0.25, 0.3) is 5.91 Å². The fourth-order valence-electron chi connectivity index (χ4n) is 1.51. The highest BCUT2D eigenvalue weighted by atomic mass is 35.5. The lowest BCUT2D eigenvalue weighted by Gasteiger charge is -2.37. The maximum atomic E-state index is 11.8. The molecule has 1 N–H and O–H groups in total. The van der Waals surface area contributed by atoms with Crippen LogP contribution in [-0.2, 0) is 4.74 Å². The quantitative estimate of drug-likeness (QED) is 0.860. The van der Waals surface area contributed by atoms with Crippen molar-refractivity contribution in [1.29, 1.82) is 0 Å². The molecule has 2 rings (SSSR count). The number of pyridine rings is 1. The van der Waals surface area contributed by atoms with Gasteiger partial charge in [0.1, 0.15) is 10.8 Å². The summed E-state index contributed by atoms with van der Waals surface area (Å²) in [6.45, 7) is 3.90. The Morgan fingerprint density at radius 2 is 2.24 bits per heavy atom. The van der Waals surface area contributed by atoms with Crippen LogP contribution in [0.2, 0.25) is 10.2 Å². The zero-order chi connectivity index (χ0) is 12.5. The summed E-state index contributed by atoms with van der Waals surface area (Å²) in [5.74, 6) is -0.314. The van der Waals surface area contributed by atoms with Crippen LogP contribution in [0.5, 0.6) is 0 Å². The molecule has 1 aromatic rings. The summed E-state index contributed by atoms with van der Waals surface area (Å²) in [6, 6.07) is 3.10. The minimum Gasteiger partial charge on any atom is -0.380 e. The number of nitrogens with one attached hydrogen (secondary N) is 1. The summed E-state index contributed by atoms with van der Waals surface area (Å²) in [6.07, 6.45) is 0. The second-order valence-corrected chi connectivity index (χ2v) is 5.24. The topological polar surface area (TPSA) is 51.2 Å². The Morgan fingerprint density at radius 3 is 2.82 bits per heavy atom. The molecule has 6 heteroatoms. The van der Waals surface area contributed by atoms with Crippen molar-refractivity contribution in [3.05, 3.63) is 28.0 Å². The van der Waals surface area contributed by atoms with Gasteiger partial charge in [-0.2, -0.15) is 0 Å². The second-order valence-electron chi connectivity index (χ2n) is 4.45. The van der Waals surface area contributed by atoms with Crippen LogP contribution in [0.15, 0.2) is 12.1 Å². The Balaban J connectivity index is 2.01. The van der Waals surface area contributed by atoms with E-state index in [4.69, 9.17) is 27.9 Å². The molecule has 0 unspecified atom stereocenters. The molecule has 0 radical (unpaired) electrons. The standard InChI is InChI=1S/C11H12Cl2N2O2/c1-11(5-17-6-11)4-14-10(16)9-7(12)2-3-8(13)15-9/h2-3H,4-6H2,1H3,(H,14,16). The Bertz CT molecular complexity index is 447. The summed E-state index contributed by atoms with van der Waals surface area (Å²) < 4.78 is 5.10. The summed E-state index contributed by atoms with van der Waals surface area (Å²) in [4.78, 5) is 15.8. The maximum Gasteiger partial charge on any atom is 0.271 e. The lowest BCUT2D eigenvalue weighted by Crippen LogP contribution is -2.48. The summed E-state index contributed by atoms with van der Waals surface area (Å²) in [7, 11) is 0. The van der Waals surface area contributed by atoms with E-state index in [9.17, 15) is 4.79 Å². The first kappa shape index (κ1) is 12.6. The molecule has 1 fully saturated rings. The normalized spacial score (nSPS) is 17.4. The Kier molecular flexibility index (Phi) is 3.56. The van der Waals surface area contributed by atoms with Crippen molar-refractivity contribution in [1.82, 2.24) is 10.3 Å². The fraction of sp³-hybridized carbons (Fsp3) is 0.455. The van der Waals surface area contributed by atoms with Crippen LogP contribution in [0.1, 0.15) is 17.4 Å². The van der Waals surface area contributed by atoms with E-state index in [1.165, 1.54) is 0 Å². The molecule has 1 amide bonds. The van der Waals surface area contributed by atoms with Crippen molar-refractivity contribution in [2.24, 2.45) is 5.41 Å². The van der Waals surface area contributed by atoms with Crippen LogP contribution in [-0.4, -0.2) is 30.6 Å². The third-order valence-corrected chi connectivity index (χ3v) is 3.12. The van der Waals surface area contributed by atoms with E-state index in [2.05, 4.69) is 10.3 Å². The highest BCUT2D eigenvalue weighted by Crippen LogP contribution is 2.25. The molecule has 0 bridgehead atoms. The lowest BCUT2D eigenvalue weighted by molar-refractivity contribution is -0.0978. The van der Waals surface area contributed by atoms with E-state index in [1.807, 2.05) is 6.92 Å². The molecule has 2 heterocycles. The van der Waals surface area contributed by atoms with Crippen LogP contribution in [0.25, 0.3) is 0 Å². The zero-order valence-electron chi connectivity index (χ0n) is 9.30. The second kappa shape index (κ2) is 4.80. The van der Waals surface area contributed by atoms with Crippen molar-refractivity contribution in [3.8, 4) is 0 Å². The number of carbonyl (C=O) groups is 1. The van der Waals surface area contributed by atoms with Crippen molar-refractivity contribution in [3.63, 3.8) is 0 Å². The van der Waals surface area contributed by atoms with Gasteiger partial charge in [-0.05, 0) is 12.1 Å². The largest absolute Gasteiger partial charge is 0.380 e. The van der Waals surface area contributed by atoms with Gasteiger partial charge in [-0.1, -0.05) is 30.1 Å². The van der Waals surface area contributed by atoms with Gasteiger partial charge in [-0.3, -0.25) is 4.79 Å². The summed E-state index contributed by atoms with van der Waals surface area (Å²) in [5, 5.41) is 3.33. The van der Waals surface area contributed by atoms with Crippen LogP contribution >= 0.6 is 23.2 Å². The molecule has 0 atom stereocenters. The molecule has 4 nitrogen and oxygen atoms in total. The minimum atomic E-state index is -0.314. The molecule has 0 spiro atoms. The average molecular weight is 275 g/mol.